The van der Waals surface area contributed by atoms with Crippen LogP contribution in [0.3, 0.4) is 0 Å². The van der Waals surface area contributed by atoms with Gasteiger partial charge in [-0.2, -0.15) is 0 Å². The van der Waals surface area contributed by atoms with Crippen molar-refractivity contribution in [1.82, 2.24) is 4.90 Å². The molecule has 0 spiro atoms. The molecule has 1 saturated heterocycles. The van der Waals surface area contributed by atoms with E-state index in [0.29, 0.717) is 53.4 Å². The van der Waals surface area contributed by atoms with Crippen LogP contribution in [0.1, 0.15) is 25.2 Å². The van der Waals surface area contributed by atoms with Gasteiger partial charge in [0.2, 0.25) is 11.8 Å². The molecule has 1 aliphatic heterocycles. The number of amides is 2. The molecule has 0 unspecified atom stereocenters. The smallest absolute Gasteiger partial charge is 0.248 e. The van der Waals surface area contributed by atoms with Gasteiger partial charge < -0.3 is 19.5 Å². The van der Waals surface area contributed by atoms with Crippen LogP contribution in [0.5, 0.6) is 0 Å². The Labute approximate surface area is 221 Å². The van der Waals surface area contributed by atoms with Gasteiger partial charge in [-0.25, -0.2) is 0 Å². The van der Waals surface area contributed by atoms with Crippen LogP contribution >= 0.6 is 23.2 Å². The van der Waals surface area contributed by atoms with E-state index in [4.69, 9.17) is 27.6 Å². The summed E-state index contributed by atoms with van der Waals surface area (Å²) in [5, 5.41) is 4.06. The highest BCUT2D eigenvalue weighted by atomic mass is 35.5. The van der Waals surface area contributed by atoms with Crippen LogP contribution in [-0.2, 0) is 9.59 Å². The summed E-state index contributed by atoms with van der Waals surface area (Å²) in [5.41, 5.74) is 3.34. The number of carbonyl (C=O) groups excluding carboxylic acids is 2. The molecule has 2 amide bonds. The van der Waals surface area contributed by atoms with E-state index in [0.717, 1.165) is 16.8 Å². The van der Waals surface area contributed by atoms with Gasteiger partial charge in [-0.1, -0.05) is 49.2 Å². The molecule has 0 saturated carbocycles. The SMILES string of the molecule is Cc1c(Cl)cccc1-c1ccc(C=CC(=O)Nc2ccc(N3CCN(C(=O)C(C)C)CC3)c(Cl)c2)o1. The van der Waals surface area contributed by atoms with Crippen molar-refractivity contribution in [2.24, 2.45) is 5.92 Å². The van der Waals surface area contributed by atoms with Crippen LogP contribution in [0.25, 0.3) is 17.4 Å². The van der Waals surface area contributed by atoms with Gasteiger partial charge >= 0.3 is 0 Å². The highest BCUT2D eigenvalue weighted by Gasteiger charge is 2.24. The van der Waals surface area contributed by atoms with Gasteiger partial charge in [0, 0.05) is 54.4 Å². The maximum absolute atomic E-state index is 12.5. The number of nitrogens with zero attached hydrogens (tertiary/aromatic N) is 2. The maximum Gasteiger partial charge on any atom is 0.248 e. The maximum atomic E-state index is 12.5. The third kappa shape index (κ3) is 5.94. The second-order valence-corrected chi connectivity index (χ2v) is 9.88. The molecule has 1 aliphatic rings. The van der Waals surface area contributed by atoms with E-state index in [-0.39, 0.29) is 17.7 Å². The highest BCUT2D eigenvalue weighted by Crippen LogP contribution is 2.31. The zero-order valence-electron chi connectivity index (χ0n) is 20.6. The predicted molar refractivity (Wildman–Crippen MR) is 147 cm³/mol. The van der Waals surface area contributed by atoms with E-state index < -0.39 is 0 Å². The number of nitrogens with one attached hydrogen (secondary N) is 1. The van der Waals surface area contributed by atoms with Gasteiger partial charge in [0.25, 0.3) is 0 Å². The Hall–Kier alpha value is -3.22. The van der Waals surface area contributed by atoms with Crippen molar-refractivity contribution in [3.05, 3.63) is 76.0 Å². The van der Waals surface area contributed by atoms with Crippen molar-refractivity contribution in [2.45, 2.75) is 20.8 Å². The molecule has 0 aliphatic carbocycles. The molecule has 0 atom stereocenters. The fraction of sp³-hybridized carbons (Fsp3) is 0.286. The van der Waals surface area contributed by atoms with Crippen LogP contribution in [0, 0.1) is 12.8 Å². The second-order valence-electron chi connectivity index (χ2n) is 9.07. The second kappa shape index (κ2) is 11.2. The zero-order valence-corrected chi connectivity index (χ0v) is 22.1. The van der Waals surface area contributed by atoms with Crippen LogP contribution in [0.4, 0.5) is 11.4 Å². The van der Waals surface area contributed by atoms with E-state index in [1.54, 1.807) is 18.2 Å². The van der Waals surface area contributed by atoms with E-state index in [2.05, 4.69) is 10.2 Å². The molecular formula is C28H29Cl2N3O3. The normalized spacial score (nSPS) is 14.1. The molecule has 36 heavy (non-hydrogen) atoms. The van der Waals surface area contributed by atoms with Crippen molar-refractivity contribution in [2.75, 3.05) is 36.4 Å². The molecule has 2 aromatic carbocycles. The first kappa shape index (κ1) is 25.9. The molecule has 6 nitrogen and oxygen atoms in total. The summed E-state index contributed by atoms with van der Waals surface area (Å²) in [6.07, 6.45) is 3.03. The Kier molecular flexibility index (Phi) is 8.07. The van der Waals surface area contributed by atoms with E-state index >= 15 is 0 Å². The van der Waals surface area contributed by atoms with Gasteiger partial charge in [0.15, 0.2) is 0 Å². The minimum Gasteiger partial charge on any atom is -0.457 e. The molecule has 8 heteroatoms. The lowest BCUT2D eigenvalue weighted by atomic mass is 10.1. The van der Waals surface area contributed by atoms with E-state index in [1.165, 1.54) is 6.08 Å². The minimum atomic E-state index is -0.295. The zero-order chi connectivity index (χ0) is 25.8. The van der Waals surface area contributed by atoms with Crippen LogP contribution in [0.2, 0.25) is 10.0 Å². The van der Waals surface area contributed by atoms with Crippen LogP contribution in [-0.4, -0.2) is 42.9 Å². The largest absolute Gasteiger partial charge is 0.457 e. The summed E-state index contributed by atoms with van der Waals surface area (Å²) in [4.78, 5) is 28.7. The third-order valence-corrected chi connectivity index (χ3v) is 6.91. The Morgan fingerprint density at radius 3 is 2.44 bits per heavy atom. The van der Waals surface area contributed by atoms with Gasteiger partial charge in [0.05, 0.1) is 10.7 Å². The first-order chi connectivity index (χ1) is 17.2. The predicted octanol–water partition coefficient (Wildman–Crippen LogP) is 6.52. The highest BCUT2D eigenvalue weighted by molar-refractivity contribution is 6.33. The van der Waals surface area contributed by atoms with Gasteiger partial charge in [-0.15, -0.1) is 0 Å². The Morgan fingerprint density at radius 1 is 1.00 bits per heavy atom. The summed E-state index contributed by atoms with van der Waals surface area (Å²) in [7, 11) is 0. The molecule has 188 valence electrons. The summed E-state index contributed by atoms with van der Waals surface area (Å²) < 4.78 is 5.87. The lowest BCUT2D eigenvalue weighted by Crippen LogP contribution is -2.50. The summed E-state index contributed by atoms with van der Waals surface area (Å²) in [5.74, 6) is 1.13. The monoisotopic (exact) mass is 525 g/mol. The van der Waals surface area contributed by atoms with Gasteiger partial charge in [0.1, 0.15) is 11.5 Å². The van der Waals surface area contributed by atoms with Crippen molar-refractivity contribution in [1.29, 1.82) is 0 Å². The molecule has 1 N–H and O–H groups in total. The van der Waals surface area contributed by atoms with E-state index in [1.807, 2.05) is 62.1 Å². The van der Waals surface area contributed by atoms with Crippen molar-refractivity contribution in [3.63, 3.8) is 0 Å². The lowest BCUT2D eigenvalue weighted by Gasteiger charge is -2.37. The number of halogens is 2. The number of rotatable bonds is 6. The topological polar surface area (TPSA) is 65.8 Å². The molecule has 1 aromatic heterocycles. The molecular weight excluding hydrogens is 497 g/mol. The Balaban J connectivity index is 1.35. The average molecular weight is 526 g/mol. The average Bonchev–Trinajstić information content (AvgIpc) is 3.33. The molecule has 0 bridgehead atoms. The van der Waals surface area contributed by atoms with Crippen LogP contribution in [0.15, 0.2) is 59.0 Å². The number of hydrogen-bond donors (Lipinski definition) is 1. The molecule has 4 rings (SSSR count). The Morgan fingerprint density at radius 2 is 1.75 bits per heavy atom. The third-order valence-electron chi connectivity index (χ3n) is 6.20. The van der Waals surface area contributed by atoms with Crippen molar-refractivity contribution >= 4 is 52.5 Å². The van der Waals surface area contributed by atoms with Gasteiger partial charge in [-0.3, -0.25) is 9.59 Å². The van der Waals surface area contributed by atoms with Crippen molar-refractivity contribution in [3.8, 4) is 11.3 Å². The molecule has 1 fully saturated rings. The fourth-order valence-corrected chi connectivity index (χ4v) is 4.65. The standard InChI is InChI=1S/C28H29Cl2N3O3/c1-18(2)28(35)33-15-13-32(14-16-33)25-10-7-20(17-24(25)30)31-27(34)12-9-21-8-11-26(36-21)22-5-4-6-23(29)19(22)3/h4-12,17-18H,13-16H2,1-3H3,(H,31,34). The fourth-order valence-electron chi connectivity index (χ4n) is 4.18. The molecule has 2 heterocycles. The summed E-state index contributed by atoms with van der Waals surface area (Å²) >= 11 is 12.7. The first-order valence-corrected chi connectivity index (χ1v) is 12.7. The number of carbonyl (C=O) groups is 2. The lowest BCUT2D eigenvalue weighted by molar-refractivity contribution is -0.134. The Bertz CT molecular complexity index is 1290. The number of anilines is 2. The number of hydrogen-bond acceptors (Lipinski definition) is 4. The number of furan rings is 1. The van der Waals surface area contributed by atoms with E-state index in [9.17, 15) is 9.59 Å². The quantitative estimate of drug-likeness (QED) is 0.372. The number of piperazine rings is 1. The number of benzene rings is 2. The van der Waals surface area contributed by atoms with Crippen molar-refractivity contribution < 1.29 is 14.0 Å². The first-order valence-electron chi connectivity index (χ1n) is 11.9. The van der Waals surface area contributed by atoms with Gasteiger partial charge in [-0.05, 0) is 55.0 Å². The summed E-state index contributed by atoms with van der Waals surface area (Å²) in [6, 6.07) is 14.8. The molecule has 0 radical (unpaired) electrons. The summed E-state index contributed by atoms with van der Waals surface area (Å²) in [6.45, 7) is 8.54. The molecule has 3 aromatic rings. The minimum absolute atomic E-state index is 0.000857. The van der Waals surface area contributed by atoms with Crippen LogP contribution < -0.4 is 10.2 Å².